The molecule has 0 aliphatic carbocycles. The Labute approximate surface area is 148 Å². The molecule has 2 aliphatic rings. The van der Waals surface area contributed by atoms with E-state index in [9.17, 15) is 17.6 Å². The average Bonchev–Trinajstić information content (AvgIpc) is 2.94. The van der Waals surface area contributed by atoms with Gasteiger partial charge in [-0.15, -0.1) is 0 Å². The minimum atomic E-state index is -3.36. The molecule has 25 heavy (non-hydrogen) atoms. The first-order valence-corrected chi connectivity index (χ1v) is 10.5. The van der Waals surface area contributed by atoms with Gasteiger partial charge in [-0.25, -0.2) is 12.8 Å². The summed E-state index contributed by atoms with van der Waals surface area (Å²) in [4.78, 5) is 16.8. The van der Waals surface area contributed by atoms with Crippen LogP contribution in [0.15, 0.2) is 24.3 Å². The van der Waals surface area contributed by atoms with Gasteiger partial charge in [0.25, 0.3) is 0 Å². The van der Waals surface area contributed by atoms with E-state index < -0.39 is 16.1 Å². The Bertz CT molecular complexity index is 723. The summed E-state index contributed by atoms with van der Waals surface area (Å²) in [6.45, 7) is 3.03. The van der Waals surface area contributed by atoms with E-state index in [2.05, 4.69) is 4.90 Å². The number of halogens is 1. The first-order valence-electron chi connectivity index (χ1n) is 8.62. The number of benzene rings is 1. The number of rotatable bonds is 3. The summed E-state index contributed by atoms with van der Waals surface area (Å²) in [5, 5.41) is 0. The summed E-state index contributed by atoms with van der Waals surface area (Å²) < 4.78 is 38.2. The van der Waals surface area contributed by atoms with Crippen molar-refractivity contribution in [2.24, 2.45) is 0 Å². The molecule has 138 valence electrons. The van der Waals surface area contributed by atoms with Gasteiger partial charge in [-0.2, -0.15) is 4.31 Å². The van der Waals surface area contributed by atoms with E-state index >= 15 is 0 Å². The maximum Gasteiger partial charge on any atom is 0.241 e. The lowest BCUT2D eigenvalue weighted by Gasteiger charge is -2.28. The Morgan fingerprint density at radius 3 is 2.44 bits per heavy atom. The van der Waals surface area contributed by atoms with Crippen molar-refractivity contribution in [1.82, 2.24) is 9.21 Å². The lowest BCUT2D eigenvalue weighted by Crippen LogP contribution is -2.48. The van der Waals surface area contributed by atoms with Crippen LogP contribution in [0.2, 0.25) is 0 Å². The van der Waals surface area contributed by atoms with Gasteiger partial charge >= 0.3 is 0 Å². The number of sulfonamides is 1. The van der Waals surface area contributed by atoms with Crippen LogP contribution >= 0.6 is 0 Å². The summed E-state index contributed by atoms with van der Waals surface area (Å²) in [6, 6.07) is 5.80. The summed E-state index contributed by atoms with van der Waals surface area (Å²) in [6.07, 6.45) is 3.27. The summed E-state index contributed by atoms with van der Waals surface area (Å²) >= 11 is 0. The van der Waals surface area contributed by atoms with E-state index in [-0.39, 0.29) is 11.7 Å². The van der Waals surface area contributed by atoms with Gasteiger partial charge in [-0.1, -0.05) is 0 Å². The molecule has 1 amide bonds. The zero-order chi connectivity index (χ0) is 18.0. The fraction of sp³-hybridized carbons (Fsp3) is 0.588. The molecule has 0 unspecified atom stereocenters. The lowest BCUT2D eigenvalue weighted by atomic mass is 10.2. The molecule has 3 rings (SSSR count). The minimum Gasteiger partial charge on any atom is -0.370 e. The Kier molecular flexibility index (Phi) is 5.29. The fourth-order valence-corrected chi connectivity index (χ4v) is 4.76. The molecule has 0 aromatic heterocycles. The first kappa shape index (κ1) is 18.1. The standard InChI is InChI=1S/C17H24FN3O3S/c1-25(23,24)21-11-2-4-16(21)17(22)20-10-3-9-19(12-13-20)15-7-5-14(18)6-8-15/h5-8,16H,2-4,9-13H2,1H3/t16-/m0/s1. The van der Waals surface area contributed by atoms with Crippen molar-refractivity contribution in [3.63, 3.8) is 0 Å². The summed E-state index contributed by atoms with van der Waals surface area (Å²) in [7, 11) is -3.36. The van der Waals surface area contributed by atoms with Crippen molar-refractivity contribution >= 4 is 21.6 Å². The van der Waals surface area contributed by atoms with Crippen LogP contribution in [-0.2, 0) is 14.8 Å². The third-order valence-corrected chi connectivity index (χ3v) is 6.20. The highest BCUT2D eigenvalue weighted by Gasteiger charge is 2.38. The molecule has 2 aliphatic heterocycles. The molecule has 2 saturated heterocycles. The van der Waals surface area contributed by atoms with Crippen LogP contribution in [0.3, 0.4) is 0 Å². The Hall–Kier alpha value is -1.67. The highest BCUT2D eigenvalue weighted by Crippen LogP contribution is 2.23. The van der Waals surface area contributed by atoms with Crippen LogP contribution < -0.4 is 4.90 Å². The maximum absolute atomic E-state index is 13.1. The first-order chi connectivity index (χ1) is 11.9. The second-order valence-corrected chi connectivity index (χ2v) is 8.61. The zero-order valence-corrected chi connectivity index (χ0v) is 15.2. The van der Waals surface area contributed by atoms with Gasteiger partial charge in [-0.3, -0.25) is 4.79 Å². The van der Waals surface area contributed by atoms with E-state index in [1.165, 1.54) is 16.4 Å². The van der Waals surface area contributed by atoms with Crippen molar-refractivity contribution in [1.29, 1.82) is 0 Å². The molecule has 0 N–H and O–H groups in total. The molecule has 0 bridgehead atoms. The molecule has 8 heteroatoms. The van der Waals surface area contributed by atoms with Crippen LogP contribution in [0.4, 0.5) is 10.1 Å². The molecule has 1 aromatic carbocycles. The number of hydrogen-bond acceptors (Lipinski definition) is 4. The third-order valence-electron chi connectivity index (χ3n) is 4.91. The molecule has 0 radical (unpaired) electrons. The van der Waals surface area contributed by atoms with Gasteiger partial charge in [0.1, 0.15) is 11.9 Å². The summed E-state index contributed by atoms with van der Waals surface area (Å²) in [5.74, 6) is -0.360. The second kappa shape index (κ2) is 7.29. The van der Waals surface area contributed by atoms with Gasteiger partial charge in [0.05, 0.1) is 6.26 Å². The van der Waals surface area contributed by atoms with E-state index in [0.717, 1.165) is 31.3 Å². The lowest BCUT2D eigenvalue weighted by molar-refractivity contribution is -0.134. The van der Waals surface area contributed by atoms with E-state index in [1.807, 2.05) is 0 Å². The number of anilines is 1. The van der Waals surface area contributed by atoms with Gasteiger partial charge in [-0.05, 0) is 43.5 Å². The predicted molar refractivity (Wildman–Crippen MR) is 94.4 cm³/mol. The molecule has 1 atom stereocenters. The second-order valence-electron chi connectivity index (χ2n) is 6.67. The summed E-state index contributed by atoms with van der Waals surface area (Å²) in [5.41, 5.74) is 0.939. The number of hydrogen-bond donors (Lipinski definition) is 0. The number of nitrogens with zero attached hydrogens (tertiary/aromatic N) is 3. The van der Waals surface area contributed by atoms with Crippen LogP contribution in [0.5, 0.6) is 0 Å². The number of carbonyl (C=O) groups is 1. The fourth-order valence-electron chi connectivity index (χ4n) is 3.64. The molecule has 0 saturated carbocycles. The quantitative estimate of drug-likeness (QED) is 0.806. The Morgan fingerprint density at radius 1 is 1.04 bits per heavy atom. The monoisotopic (exact) mass is 369 g/mol. The van der Waals surface area contributed by atoms with Crippen molar-refractivity contribution < 1.29 is 17.6 Å². The third kappa shape index (κ3) is 4.12. The Balaban J connectivity index is 1.66. The van der Waals surface area contributed by atoms with Crippen LogP contribution in [0.25, 0.3) is 0 Å². The normalized spacial score (nSPS) is 22.9. The van der Waals surface area contributed by atoms with Gasteiger partial charge in [0.15, 0.2) is 0 Å². The van der Waals surface area contributed by atoms with Gasteiger partial charge in [0, 0.05) is 38.4 Å². The topological polar surface area (TPSA) is 60.9 Å². The van der Waals surface area contributed by atoms with Crippen molar-refractivity contribution in [3.05, 3.63) is 30.1 Å². The van der Waals surface area contributed by atoms with E-state index in [0.29, 0.717) is 32.6 Å². The highest BCUT2D eigenvalue weighted by molar-refractivity contribution is 7.88. The molecule has 2 heterocycles. The molecular weight excluding hydrogens is 345 g/mol. The smallest absolute Gasteiger partial charge is 0.241 e. The average molecular weight is 369 g/mol. The molecule has 0 spiro atoms. The molecule has 2 fully saturated rings. The van der Waals surface area contributed by atoms with Gasteiger partial charge in [0.2, 0.25) is 15.9 Å². The van der Waals surface area contributed by atoms with E-state index in [4.69, 9.17) is 0 Å². The highest BCUT2D eigenvalue weighted by atomic mass is 32.2. The SMILES string of the molecule is CS(=O)(=O)N1CCC[C@H]1C(=O)N1CCCN(c2ccc(F)cc2)CC1. The van der Waals surface area contributed by atoms with Crippen LogP contribution in [0.1, 0.15) is 19.3 Å². The predicted octanol–water partition coefficient (Wildman–Crippen LogP) is 1.29. The van der Waals surface area contributed by atoms with Crippen molar-refractivity contribution in [2.45, 2.75) is 25.3 Å². The molecule has 1 aromatic rings. The molecule has 6 nitrogen and oxygen atoms in total. The van der Waals surface area contributed by atoms with Gasteiger partial charge < -0.3 is 9.80 Å². The Morgan fingerprint density at radius 2 is 1.76 bits per heavy atom. The number of amides is 1. The minimum absolute atomic E-state index is 0.0936. The van der Waals surface area contributed by atoms with Crippen LogP contribution in [-0.4, -0.2) is 68.6 Å². The number of carbonyl (C=O) groups excluding carboxylic acids is 1. The largest absolute Gasteiger partial charge is 0.370 e. The maximum atomic E-state index is 13.1. The van der Waals surface area contributed by atoms with Crippen molar-refractivity contribution in [3.8, 4) is 0 Å². The molecular formula is C17H24FN3O3S. The van der Waals surface area contributed by atoms with E-state index in [1.54, 1.807) is 17.0 Å². The zero-order valence-electron chi connectivity index (χ0n) is 14.4. The van der Waals surface area contributed by atoms with Crippen molar-refractivity contribution in [2.75, 3.05) is 43.9 Å². The van der Waals surface area contributed by atoms with Crippen LogP contribution in [0, 0.1) is 5.82 Å².